The predicted octanol–water partition coefficient (Wildman–Crippen LogP) is 1.53. The number of rotatable bonds is 3. The van der Waals surface area contributed by atoms with Crippen LogP contribution in [-0.4, -0.2) is 31.6 Å². The normalized spacial score (nSPS) is 33.5. The van der Waals surface area contributed by atoms with Gasteiger partial charge in [-0.15, -0.1) is 12.3 Å². The van der Waals surface area contributed by atoms with Crippen molar-refractivity contribution in [2.24, 2.45) is 5.92 Å². The molecule has 1 saturated heterocycles. The highest BCUT2D eigenvalue weighted by Gasteiger charge is 2.32. The molecular formula is C13H21NO2. The van der Waals surface area contributed by atoms with Gasteiger partial charge in [-0.25, -0.2) is 0 Å². The van der Waals surface area contributed by atoms with Crippen LogP contribution in [0.5, 0.6) is 0 Å². The summed E-state index contributed by atoms with van der Waals surface area (Å²) in [6, 6.07) is 0.527. The molecule has 2 fully saturated rings. The molecule has 1 N–H and O–H groups in total. The second kappa shape index (κ2) is 5.18. The van der Waals surface area contributed by atoms with Gasteiger partial charge in [0.05, 0.1) is 13.2 Å². The van der Waals surface area contributed by atoms with Crippen molar-refractivity contribution in [3.05, 3.63) is 0 Å². The van der Waals surface area contributed by atoms with Crippen LogP contribution in [0.25, 0.3) is 0 Å². The quantitative estimate of drug-likeness (QED) is 0.736. The Morgan fingerprint density at radius 1 is 1.38 bits per heavy atom. The third kappa shape index (κ3) is 2.98. The van der Waals surface area contributed by atoms with E-state index < -0.39 is 5.79 Å². The van der Waals surface area contributed by atoms with Crippen LogP contribution >= 0.6 is 0 Å². The Kier molecular flexibility index (Phi) is 3.86. The molecule has 0 bridgehead atoms. The SMILES string of the molecule is C#CC1CCCC(NCC2(C)OCCO2)C1. The molecule has 2 rings (SSSR count). The molecule has 1 aliphatic carbocycles. The third-order valence-corrected chi connectivity index (χ3v) is 3.52. The topological polar surface area (TPSA) is 30.5 Å². The van der Waals surface area contributed by atoms with Crippen molar-refractivity contribution in [1.82, 2.24) is 5.32 Å². The van der Waals surface area contributed by atoms with Crippen LogP contribution in [-0.2, 0) is 9.47 Å². The lowest BCUT2D eigenvalue weighted by atomic mass is 9.86. The molecule has 2 atom stereocenters. The molecule has 16 heavy (non-hydrogen) atoms. The van der Waals surface area contributed by atoms with E-state index in [1.807, 2.05) is 6.92 Å². The van der Waals surface area contributed by atoms with Gasteiger partial charge in [-0.1, -0.05) is 6.42 Å². The summed E-state index contributed by atoms with van der Waals surface area (Å²) in [6.07, 6.45) is 10.2. The maximum absolute atomic E-state index is 5.56. The van der Waals surface area contributed by atoms with Crippen molar-refractivity contribution in [3.63, 3.8) is 0 Å². The van der Waals surface area contributed by atoms with E-state index in [0.717, 1.165) is 13.0 Å². The van der Waals surface area contributed by atoms with Gasteiger partial charge in [0.15, 0.2) is 5.79 Å². The molecule has 0 aromatic heterocycles. The van der Waals surface area contributed by atoms with Crippen molar-refractivity contribution < 1.29 is 9.47 Å². The van der Waals surface area contributed by atoms with Crippen molar-refractivity contribution in [2.45, 2.75) is 44.4 Å². The molecule has 0 radical (unpaired) electrons. The van der Waals surface area contributed by atoms with Crippen LogP contribution in [0.2, 0.25) is 0 Å². The van der Waals surface area contributed by atoms with Crippen LogP contribution < -0.4 is 5.32 Å². The molecule has 0 aromatic carbocycles. The highest BCUT2D eigenvalue weighted by molar-refractivity contribution is 4.97. The van der Waals surface area contributed by atoms with Crippen LogP contribution in [0.1, 0.15) is 32.6 Å². The van der Waals surface area contributed by atoms with Gasteiger partial charge in [0.2, 0.25) is 0 Å². The highest BCUT2D eigenvalue weighted by Crippen LogP contribution is 2.24. The predicted molar refractivity (Wildman–Crippen MR) is 62.9 cm³/mol. The Hall–Kier alpha value is -0.560. The first-order valence-corrected chi connectivity index (χ1v) is 6.19. The highest BCUT2D eigenvalue weighted by atomic mass is 16.7. The van der Waals surface area contributed by atoms with Gasteiger partial charge in [-0.3, -0.25) is 0 Å². The van der Waals surface area contributed by atoms with E-state index in [9.17, 15) is 0 Å². The summed E-state index contributed by atoms with van der Waals surface area (Å²) in [7, 11) is 0. The number of hydrogen-bond acceptors (Lipinski definition) is 3. The minimum absolute atomic E-state index is 0.427. The summed E-state index contributed by atoms with van der Waals surface area (Å²) in [5, 5.41) is 3.52. The third-order valence-electron chi connectivity index (χ3n) is 3.52. The van der Waals surface area contributed by atoms with Gasteiger partial charge in [0.1, 0.15) is 0 Å². The van der Waals surface area contributed by atoms with E-state index in [2.05, 4.69) is 11.2 Å². The van der Waals surface area contributed by atoms with E-state index in [1.165, 1.54) is 19.3 Å². The average molecular weight is 223 g/mol. The summed E-state index contributed by atoms with van der Waals surface area (Å²) in [5.74, 6) is 2.89. The fourth-order valence-electron chi connectivity index (χ4n) is 2.52. The largest absolute Gasteiger partial charge is 0.347 e. The first kappa shape index (κ1) is 11.9. The molecule has 0 aromatic rings. The molecule has 1 heterocycles. The summed E-state index contributed by atoms with van der Waals surface area (Å²) < 4.78 is 11.1. The maximum atomic E-state index is 5.56. The summed E-state index contributed by atoms with van der Waals surface area (Å²) >= 11 is 0. The number of nitrogens with one attached hydrogen (secondary N) is 1. The minimum Gasteiger partial charge on any atom is -0.347 e. The molecule has 3 nitrogen and oxygen atoms in total. The zero-order valence-corrected chi connectivity index (χ0v) is 10.00. The molecule has 0 amide bonds. The lowest BCUT2D eigenvalue weighted by molar-refractivity contribution is -0.139. The maximum Gasteiger partial charge on any atom is 0.178 e. The smallest absolute Gasteiger partial charge is 0.178 e. The first-order chi connectivity index (χ1) is 7.72. The van der Waals surface area contributed by atoms with E-state index in [1.54, 1.807) is 0 Å². The fourth-order valence-corrected chi connectivity index (χ4v) is 2.52. The Morgan fingerprint density at radius 3 is 2.81 bits per heavy atom. The second-order valence-corrected chi connectivity index (χ2v) is 4.94. The minimum atomic E-state index is -0.427. The van der Waals surface area contributed by atoms with Gasteiger partial charge < -0.3 is 14.8 Å². The lowest BCUT2D eigenvalue weighted by Crippen LogP contribution is -2.44. The van der Waals surface area contributed by atoms with Crippen molar-refractivity contribution in [3.8, 4) is 12.3 Å². The lowest BCUT2D eigenvalue weighted by Gasteiger charge is -2.30. The van der Waals surface area contributed by atoms with Crippen LogP contribution in [0.3, 0.4) is 0 Å². The van der Waals surface area contributed by atoms with Gasteiger partial charge in [-0.2, -0.15) is 0 Å². The van der Waals surface area contributed by atoms with Gasteiger partial charge >= 0.3 is 0 Å². The van der Waals surface area contributed by atoms with Crippen LogP contribution in [0, 0.1) is 18.3 Å². The zero-order valence-electron chi connectivity index (χ0n) is 10.00. The van der Waals surface area contributed by atoms with Gasteiger partial charge in [0, 0.05) is 18.5 Å². The summed E-state index contributed by atoms with van der Waals surface area (Å²) in [5.41, 5.74) is 0. The molecular weight excluding hydrogens is 202 g/mol. The van der Waals surface area contributed by atoms with E-state index in [-0.39, 0.29) is 0 Å². The molecule has 90 valence electrons. The van der Waals surface area contributed by atoms with Crippen LogP contribution in [0.15, 0.2) is 0 Å². The standard InChI is InChI=1S/C13H21NO2/c1-3-11-5-4-6-12(9-11)14-10-13(2)15-7-8-16-13/h1,11-12,14H,4-10H2,2H3. The van der Waals surface area contributed by atoms with Crippen LogP contribution in [0.4, 0.5) is 0 Å². The average Bonchev–Trinajstić information content (AvgIpc) is 2.75. The van der Waals surface area contributed by atoms with Crippen molar-refractivity contribution in [1.29, 1.82) is 0 Å². The van der Waals surface area contributed by atoms with E-state index in [0.29, 0.717) is 25.2 Å². The Labute approximate surface area is 97.9 Å². The monoisotopic (exact) mass is 223 g/mol. The van der Waals surface area contributed by atoms with Gasteiger partial charge in [0.25, 0.3) is 0 Å². The summed E-state index contributed by atoms with van der Waals surface area (Å²) in [6.45, 7) is 4.16. The van der Waals surface area contributed by atoms with Gasteiger partial charge in [-0.05, 0) is 26.2 Å². The molecule has 0 spiro atoms. The zero-order chi connectivity index (χ0) is 11.4. The second-order valence-electron chi connectivity index (χ2n) is 4.94. The Morgan fingerprint density at radius 2 is 2.12 bits per heavy atom. The van der Waals surface area contributed by atoms with Crippen molar-refractivity contribution in [2.75, 3.05) is 19.8 Å². The fraction of sp³-hybridized carbons (Fsp3) is 0.846. The van der Waals surface area contributed by atoms with Crippen molar-refractivity contribution >= 4 is 0 Å². The molecule has 1 saturated carbocycles. The molecule has 3 heteroatoms. The summed E-state index contributed by atoms with van der Waals surface area (Å²) in [4.78, 5) is 0. The number of terminal acetylenes is 1. The number of hydrogen-bond donors (Lipinski definition) is 1. The van der Waals surface area contributed by atoms with E-state index >= 15 is 0 Å². The Balaban J connectivity index is 1.75. The molecule has 2 unspecified atom stereocenters. The molecule has 1 aliphatic heterocycles. The Bertz CT molecular complexity index is 266. The number of ether oxygens (including phenoxy) is 2. The first-order valence-electron chi connectivity index (χ1n) is 6.19. The van der Waals surface area contributed by atoms with E-state index in [4.69, 9.17) is 15.9 Å². The molecule has 2 aliphatic rings.